The number of nitrogens with one attached hydrogen (secondary N) is 4. The highest BCUT2D eigenvalue weighted by atomic mass is 32.2. The fraction of sp³-hybridized carbons (Fsp3) is 0.429. The highest BCUT2D eigenvalue weighted by molar-refractivity contribution is 7.98. The summed E-state index contributed by atoms with van der Waals surface area (Å²) in [5, 5.41) is 40.0. The zero-order valence-electron chi connectivity index (χ0n) is 22.3. The Bertz CT molecular complexity index is 1150. The minimum absolute atomic E-state index is 0.0246. The van der Waals surface area contributed by atoms with E-state index in [1.54, 1.807) is 24.3 Å². The minimum atomic E-state index is -1.29. The summed E-state index contributed by atoms with van der Waals surface area (Å²) in [7, 11) is 0. The molecule has 0 spiro atoms. The van der Waals surface area contributed by atoms with Crippen molar-refractivity contribution in [2.24, 2.45) is 0 Å². The van der Waals surface area contributed by atoms with Crippen molar-refractivity contribution in [3.63, 3.8) is 0 Å². The topological polar surface area (TPSA) is 177 Å². The van der Waals surface area contributed by atoms with Crippen LogP contribution in [-0.2, 0) is 32.0 Å². The summed E-state index contributed by atoms with van der Waals surface area (Å²) in [5.74, 6) is -2.13. The number of amides is 3. The van der Waals surface area contributed by atoms with Gasteiger partial charge in [0.05, 0.1) is 6.04 Å². The molecule has 1 fully saturated rings. The Balaban J connectivity index is 1.77. The first-order valence-corrected chi connectivity index (χ1v) is 14.5. The molecule has 0 radical (unpaired) electrons. The first kappa shape index (κ1) is 30.8. The molecule has 4 atom stereocenters. The van der Waals surface area contributed by atoms with E-state index in [2.05, 4.69) is 21.3 Å². The van der Waals surface area contributed by atoms with Gasteiger partial charge in [0, 0.05) is 12.8 Å². The van der Waals surface area contributed by atoms with Crippen LogP contribution in [0, 0.1) is 0 Å². The Kier molecular flexibility index (Phi) is 11.6. The molecular formula is C28H36N4O7S. The second-order valence-corrected chi connectivity index (χ2v) is 10.7. The molecule has 0 bridgehead atoms. The number of benzene rings is 2. The SMILES string of the molecule is CSCCC(NC(=O)C1CCCN1)C(=O)NC(Cc1ccc(O)cc1)C(=O)NC(Cc1ccc(O)cc1)C(=O)O. The number of carbonyl (C=O) groups excluding carboxylic acids is 3. The van der Waals surface area contributed by atoms with Gasteiger partial charge in [0.25, 0.3) is 0 Å². The Morgan fingerprint density at radius 3 is 1.88 bits per heavy atom. The molecule has 1 aliphatic rings. The average molecular weight is 573 g/mol. The molecule has 4 unspecified atom stereocenters. The molecule has 3 amide bonds. The van der Waals surface area contributed by atoms with Crippen molar-refractivity contribution in [1.82, 2.24) is 21.3 Å². The van der Waals surface area contributed by atoms with Crippen LogP contribution in [0.15, 0.2) is 48.5 Å². The molecule has 12 heteroatoms. The first-order chi connectivity index (χ1) is 19.2. The molecule has 11 nitrogen and oxygen atoms in total. The standard InChI is InChI=1S/C28H36N4O7S/c1-40-14-12-22(30-25(35)21-3-2-13-29-21)26(36)31-23(15-17-4-8-19(33)9-5-17)27(37)32-24(28(38)39)16-18-6-10-20(34)11-7-18/h4-11,21-24,29,33-34H,2-3,12-16H2,1H3,(H,30,35)(H,31,36)(H,32,37)(H,38,39). The van der Waals surface area contributed by atoms with E-state index in [-0.39, 0.29) is 36.3 Å². The quantitative estimate of drug-likeness (QED) is 0.174. The van der Waals surface area contributed by atoms with E-state index in [1.807, 2.05) is 6.26 Å². The van der Waals surface area contributed by atoms with Gasteiger partial charge in [-0.05, 0) is 73.2 Å². The highest BCUT2D eigenvalue weighted by Gasteiger charge is 2.31. The maximum atomic E-state index is 13.4. The van der Waals surface area contributed by atoms with Crippen molar-refractivity contribution < 1.29 is 34.5 Å². The molecule has 40 heavy (non-hydrogen) atoms. The van der Waals surface area contributed by atoms with E-state index in [4.69, 9.17) is 0 Å². The van der Waals surface area contributed by atoms with Crippen LogP contribution >= 0.6 is 11.8 Å². The van der Waals surface area contributed by atoms with Crippen LogP contribution in [0.25, 0.3) is 0 Å². The zero-order chi connectivity index (χ0) is 29.1. The van der Waals surface area contributed by atoms with Gasteiger partial charge in [-0.1, -0.05) is 24.3 Å². The van der Waals surface area contributed by atoms with Crippen molar-refractivity contribution in [2.75, 3.05) is 18.6 Å². The molecule has 2 aromatic rings. The van der Waals surface area contributed by atoms with Gasteiger partial charge in [-0.15, -0.1) is 0 Å². The second-order valence-electron chi connectivity index (χ2n) is 9.69. The van der Waals surface area contributed by atoms with Crippen molar-refractivity contribution in [1.29, 1.82) is 0 Å². The van der Waals surface area contributed by atoms with Gasteiger partial charge in [-0.25, -0.2) is 4.79 Å². The molecule has 3 rings (SSSR count). The molecule has 1 aliphatic heterocycles. The predicted octanol–water partition coefficient (Wildman–Crippen LogP) is 0.927. The fourth-order valence-corrected chi connectivity index (χ4v) is 4.85. The zero-order valence-corrected chi connectivity index (χ0v) is 23.1. The number of aliphatic carboxylic acids is 1. The number of carbonyl (C=O) groups is 4. The predicted molar refractivity (Wildman–Crippen MR) is 151 cm³/mol. The maximum absolute atomic E-state index is 13.4. The van der Waals surface area contributed by atoms with Gasteiger partial charge in [0.15, 0.2) is 0 Å². The number of carboxylic acid groups (broad SMARTS) is 1. The third-order valence-electron chi connectivity index (χ3n) is 6.62. The molecule has 7 N–H and O–H groups in total. The Morgan fingerprint density at radius 2 is 1.38 bits per heavy atom. The molecule has 0 aromatic heterocycles. The average Bonchev–Trinajstić information content (AvgIpc) is 3.48. The fourth-order valence-electron chi connectivity index (χ4n) is 4.37. The van der Waals surface area contributed by atoms with Gasteiger partial charge < -0.3 is 36.6 Å². The maximum Gasteiger partial charge on any atom is 0.326 e. The van der Waals surface area contributed by atoms with Gasteiger partial charge >= 0.3 is 5.97 Å². The van der Waals surface area contributed by atoms with Gasteiger partial charge in [0.1, 0.15) is 29.6 Å². The highest BCUT2D eigenvalue weighted by Crippen LogP contribution is 2.14. The van der Waals surface area contributed by atoms with Crippen molar-refractivity contribution in [3.8, 4) is 11.5 Å². The lowest BCUT2D eigenvalue weighted by molar-refractivity contribution is -0.142. The molecule has 1 saturated heterocycles. The summed E-state index contributed by atoms with van der Waals surface area (Å²) in [4.78, 5) is 51.5. The van der Waals surface area contributed by atoms with Crippen LogP contribution in [0.1, 0.15) is 30.4 Å². The molecule has 0 saturated carbocycles. The number of phenolic OH excluding ortho intramolecular Hbond substituents is 2. The normalized spacial score (nSPS) is 16.9. The van der Waals surface area contributed by atoms with E-state index in [9.17, 15) is 34.5 Å². The molecule has 1 heterocycles. The lowest BCUT2D eigenvalue weighted by atomic mass is 10.0. The number of aromatic hydroxyl groups is 2. The number of hydrogen-bond donors (Lipinski definition) is 7. The van der Waals surface area contributed by atoms with Crippen molar-refractivity contribution in [2.45, 2.75) is 56.3 Å². The number of phenols is 2. The Labute approximate surface area is 237 Å². The monoisotopic (exact) mass is 572 g/mol. The third-order valence-corrected chi connectivity index (χ3v) is 7.26. The van der Waals surface area contributed by atoms with Crippen molar-refractivity contribution in [3.05, 3.63) is 59.7 Å². The largest absolute Gasteiger partial charge is 0.508 e. The Hall–Kier alpha value is -3.77. The molecule has 2 aromatic carbocycles. The lowest BCUT2D eigenvalue weighted by Crippen LogP contribution is -2.57. The third kappa shape index (κ3) is 9.45. The molecule has 216 valence electrons. The van der Waals surface area contributed by atoms with Crippen LogP contribution < -0.4 is 21.3 Å². The summed E-state index contributed by atoms with van der Waals surface area (Å²) >= 11 is 1.52. The van der Waals surface area contributed by atoms with Crippen LogP contribution in [0.2, 0.25) is 0 Å². The van der Waals surface area contributed by atoms with Gasteiger partial charge in [-0.2, -0.15) is 11.8 Å². The molecule has 0 aliphatic carbocycles. The summed E-state index contributed by atoms with van der Waals surface area (Å²) < 4.78 is 0. The molecular weight excluding hydrogens is 536 g/mol. The smallest absolute Gasteiger partial charge is 0.326 e. The number of hydrogen-bond acceptors (Lipinski definition) is 8. The number of thioether (sulfide) groups is 1. The van der Waals surface area contributed by atoms with Crippen LogP contribution in [-0.4, -0.2) is 81.7 Å². The van der Waals surface area contributed by atoms with E-state index < -0.39 is 35.9 Å². The minimum Gasteiger partial charge on any atom is -0.508 e. The van der Waals surface area contributed by atoms with E-state index in [0.717, 1.165) is 13.0 Å². The van der Waals surface area contributed by atoms with E-state index in [1.165, 1.54) is 36.0 Å². The summed E-state index contributed by atoms with van der Waals surface area (Å²) in [6, 6.07) is 8.37. The number of rotatable bonds is 14. The van der Waals surface area contributed by atoms with Gasteiger partial charge in [-0.3, -0.25) is 14.4 Å². The van der Waals surface area contributed by atoms with Crippen LogP contribution in [0.3, 0.4) is 0 Å². The summed E-state index contributed by atoms with van der Waals surface area (Å²) in [6.45, 7) is 0.726. The summed E-state index contributed by atoms with van der Waals surface area (Å²) in [5.41, 5.74) is 1.22. The van der Waals surface area contributed by atoms with Crippen molar-refractivity contribution >= 4 is 35.5 Å². The van der Waals surface area contributed by atoms with Crippen LogP contribution in [0.4, 0.5) is 0 Å². The second kappa shape index (κ2) is 15.1. The Morgan fingerprint density at radius 1 is 0.850 bits per heavy atom. The number of carboxylic acids is 1. The van der Waals surface area contributed by atoms with E-state index >= 15 is 0 Å². The van der Waals surface area contributed by atoms with Crippen LogP contribution in [0.5, 0.6) is 11.5 Å². The van der Waals surface area contributed by atoms with E-state index in [0.29, 0.717) is 29.7 Å². The van der Waals surface area contributed by atoms with Gasteiger partial charge in [0.2, 0.25) is 17.7 Å². The summed E-state index contributed by atoms with van der Waals surface area (Å²) in [6.07, 6.45) is 3.75. The first-order valence-electron chi connectivity index (χ1n) is 13.1. The lowest BCUT2D eigenvalue weighted by Gasteiger charge is -2.25.